The number of nitrogens with one attached hydrogen (secondary N) is 1. The second-order valence-electron chi connectivity index (χ2n) is 8.38. The Morgan fingerprint density at radius 2 is 1.48 bits per heavy atom. The predicted molar refractivity (Wildman–Crippen MR) is 105 cm³/mol. The van der Waals surface area contributed by atoms with Gasteiger partial charge in [0.05, 0.1) is 0 Å². The van der Waals surface area contributed by atoms with Crippen molar-refractivity contribution in [2.45, 2.75) is 44.6 Å². The molecular weight excluding hydrogens is 338 g/mol. The Bertz CT molecular complexity index is 643. The fourth-order valence-electron chi connectivity index (χ4n) is 4.31. The highest BCUT2D eigenvalue weighted by Crippen LogP contribution is 2.28. The summed E-state index contributed by atoms with van der Waals surface area (Å²) in [6, 6.07) is 10.0. The van der Waals surface area contributed by atoms with E-state index < -0.39 is 0 Å². The van der Waals surface area contributed by atoms with Crippen LogP contribution >= 0.6 is 0 Å². The van der Waals surface area contributed by atoms with E-state index in [0.717, 1.165) is 56.8 Å². The van der Waals surface area contributed by atoms with E-state index in [-0.39, 0.29) is 11.8 Å². The van der Waals surface area contributed by atoms with Crippen LogP contribution < -0.4 is 5.32 Å². The van der Waals surface area contributed by atoms with E-state index in [9.17, 15) is 9.59 Å². The highest BCUT2D eigenvalue weighted by atomic mass is 16.2. The van der Waals surface area contributed by atoms with E-state index in [0.29, 0.717) is 25.0 Å². The molecule has 1 saturated carbocycles. The lowest BCUT2D eigenvalue weighted by molar-refractivity contribution is -0.138. The fraction of sp³-hybridized carbons (Fsp3) is 0.636. The molecule has 27 heavy (non-hydrogen) atoms. The quantitative estimate of drug-likeness (QED) is 0.868. The molecule has 5 nitrogen and oxygen atoms in total. The molecule has 0 bridgehead atoms. The smallest absolute Gasteiger partial charge is 0.253 e. The second kappa shape index (κ2) is 8.42. The van der Waals surface area contributed by atoms with Crippen LogP contribution in [0.4, 0.5) is 0 Å². The van der Waals surface area contributed by atoms with E-state index in [1.54, 1.807) is 0 Å². The second-order valence-corrected chi connectivity index (χ2v) is 8.38. The van der Waals surface area contributed by atoms with Crippen molar-refractivity contribution in [2.24, 2.45) is 11.8 Å². The van der Waals surface area contributed by atoms with Crippen molar-refractivity contribution in [2.75, 3.05) is 32.7 Å². The number of rotatable bonds is 5. The van der Waals surface area contributed by atoms with Crippen molar-refractivity contribution in [1.29, 1.82) is 0 Å². The topological polar surface area (TPSA) is 52.7 Å². The minimum absolute atomic E-state index is 0.0841. The van der Waals surface area contributed by atoms with Crippen LogP contribution in [0.5, 0.6) is 0 Å². The molecule has 146 valence electrons. The van der Waals surface area contributed by atoms with Crippen LogP contribution in [0.2, 0.25) is 0 Å². The number of carbonyl (C=O) groups excluding carboxylic acids is 2. The molecule has 0 unspecified atom stereocenters. The average molecular weight is 370 g/mol. The summed E-state index contributed by atoms with van der Waals surface area (Å²) >= 11 is 0. The minimum atomic E-state index is 0.0841. The Hall–Kier alpha value is -1.88. The van der Waals surface area contributed by atoms with Crippen LogP contribution in [0, 0.1) is 11.8 Å². The van der Waals surface area contributed by atoms with Crippen molar-refractivity contribution in [1.82, 2.24) is 15.1 Å². The predicted octanol–water partition coefficient (Wildman–Crippen LogP) is 2.53. The summed E-state index contributed by atoms with van der Waals surface area (Å²) in [6.45, 7) is 4.29. The van der Waals surface area contributed by atoms with Gasteiger partial charge in [0.2, 0.25) is 5.91 Å². The van der Waals surface area contributed by atoms with Crippen LogP contribution in [0.25, 0.3) is 0 Å². The summed E-state index contributed by atoms with van der Waals surface area (Å²) in [6.07, 6.45) is 6.49. The molecule has 5 heteroatoms. The number of likely N-dealkylation sites (tertiary alicyclic amines) is 2. The first kappa shape index (κ1) is 18.5. The number of hydrogen-bond acceptors (Lipinski definition) is 3. The van der Waals surface area contributed by atoms with Crippen LogP contribution in [-0.2, 0) is 4.79 Å². The molecule has 1 aliphatic carbocycles. The maximum atomic E-state index is 12.9. The van der Waals surface area contributed by atoms with Crippen molar-refractivity contribution in [3.63, 3.8) is 0 Å². The van der Waals surface area contributed by atoms with Gasteiger partial charge in [-0.05, 0) is 63.1 Å². The largest absolute Gasteiger partial charge is 0.342 e. The summed E-state index contributed by atoms with van der Waals surface area (Å²) in [5.74, 6) is 1.39. The number of hydrogen-bond donors (Lipinski definition) is 1. The average Bonchev–Trinajstić information content (AvgIpc) is 3.57. The van der Waals surface area contributed by atoms with E-state index in [1.165, 1.54) is 12.8 Å². The molecular formula is C22H31N3O2. The first-order valence-corrected chi connectivity index (χ1v) is 10.6. The Kier molecular flexibility index (Phi) is 5.77. The van der Waals surface area contributed by atoms with Gasteiger partial charge in [-0.1, -0.05) is 18.2 Å². The molecule has 2 saturated heterocycles. The molecule has 0 atom stereocenters. The molecule has 3 aliphatic rings. The molecule has 0 aromatic heterocycles. The summed E-state index contributed by atoms with van der Waals surface area (Å²) in [7, 11) is 0. The molecule has 3 fully saturated rings. The van der Waals surface area contributed by atoms with Gasteiger partial charge in [-0.3, -0.25) is 9.59 Å². The number of piperidine rings is 2. The lowest BCUT2D eigenvalue weighted by Crippen LogP contribution is -2.49. The van der Waals surface area contributed by atoms with Crippen LogP contribution in [0.3, 0.4) is 0 Å². The number of carbonyl (C=O) groups is 2. The summed E-state index contributed by atoms with van der Waals surface area (Å²) < 4.78 is 0. The zero-order valence-corrected chi connectivity index (χ0v) is 16.1. The maximum Gasteiger partial charge on any atom is 0.253 e. The van der Waals surface area contributed by atoms with Crippen LogP contribution in [0.15, 0.2) is 30.3 Å². The molecule has 2 aliphatic heterocycles. The minimum Gasteiger partial charge on any atom is -0.342 e. The van der Waals surface area contributed by atoms with Gasteiger partial charge in [0.15, 0.2) is 0 Å². The highest BCUT2D eigenvalue weighted by molar-refractivity contribution is 5.94. The molecule has 0 spiro atoms. The SMILES string of the molecule is O=C(c1ccccc1)N1CCC(C(=O)N2CCC(NCC3CC3)CC2)CC1. The van der Waals surface area contributed by atoms with E-state index in [2.05, 4.69) is 10.2 Å². The van der Waals surface area contributed by atoms with Gasteiger partial charge in [0.25, 0.3) is 5.91 Å². The Morgan fingerprint density at radius 1 is 0.852 bits per heavy atom. The number of amides is 2. The van der Waals surface area contributed by atoms with Gasteiger partial charge >= 0.3 is 0 Å². The lowest BCUT2D eigenvalue weighted by atomic mass is 9.93. The number of benzene rings is 1. The highest BCUT2D eigenvalue weighted by Gasteiger charge is 2.32. The molecule has 1 N–H and O–H groups in total. The lowest BCUT2D eigenvalue weighted by Gasteiger charge is -2.37. The monoisotopic (exact) mass is 369 g/mol. The molecule has 2 amide bonds. The molecule has 1 aromatic carbocycles. The van der Waals surface area contributed by atoms with Gasteiger partial charge < -0.3 is 15.1 Å². The van der Waals surface area contributed by atoms with Gasteiger partial charge in [-0.15, -0.1) is 0 Å². The fourth-order valence-corrected chi connectivity index (χ4v) is 4.31. The van der Waals surface area contributed by atoms with Gasteiger partial charge in [-0.25, -0.2) is 0 Å². The molecule has 0 radical (unpaired) electrons. The van der Waals surface area contributed by atoms with Crippen molar-refractivity contribution >= 4 is 11.8 Å². The Balaban J connectivity index is 1.21. The zero-order chi connectivity index (χ0) is 18.6. The van der Waals surface area contributed by atoms with E-state index >= 15 is 0 Å². The third-order valence-electron chi connectivity index (χ3n) is 6.35. The van der Waals surface area contributed by atoms with Gasteiger partial charge in [-0.2, -0.15) is 0 Å². The Morgan fingerprint density at radius 3 is 2.11 bits per heavy atom. The van der Waals surface area contributed by atoms with E-state index in [4.69, 9.17) is 0 Å². The van der Waals surface area contributed by atoms with Crippen molar-refractivity contribution in [3.05, 3.63) is 35.9 Å². The van der Waals surface area contributed by atoms with Crippen molar-refractivity contribution < 1.29 is 9.59 Å². The standard InChI is InChI=1S/C22H31N3O2/c26-21(18-4-2-1-3-5-18)24-12-8-19(9-13-24)22(27)25-14-10-20(11-15-25)23-16-17-6-7-17/h1-5,17,19-20,23H,6-16H2. The molecule has 4 rings (SSSR count). The normalized spacial score (nSPS) is 22.1. The first-order valence-electron chi connectivity index (χ1n) is 10.6. The van der Waals surface area contributed by atoms with Crippen LogP contribution in [-0.4, -0.2) is 60.4 Å². The molecule has 1 aromatic rings. The maximum absolute atomic E-state index is 12.9. The third-order valence-corrected chi connectivity index (χ3v) is 6.35. The summed E-state index contributed by atoms with van der Waals surface area (Å²) in [5, 5.41) is 3.67. The zero-order valence-electron chi connectivity index (χ0n) is 16.1. The third kappa shape index (κ3) is 4.70. The summed E-state index contributed by atoms with van der Waals surface area (Å²) in [4.78, 5) is 29.4. The Labute approximate surface area is 162 Å². The van der Waals surface area contributed by atoms with E-state index in [1.807, 2.05) is 35.2 Å². The first-order chi connectivity index (χ1) is 13.2. The summed E-state index contributed by atoms with van der Waals surface area (Å²) in [5.41, 5.74) is 0.739. The van der Waals surface area contributed by atoms with Crippen LogP contribution in [0.1, 0.15) is 48.9 Å². The molecule has 2 heterocycles. The number of nitrogens with zero attached hydrogens (tertiary/aromatic N) is 2. The van der Waals surface area contributed by atoms with Gasteiger partial charge in [0.1, 0.15) is 0 Å². The van der Waals surface area contributed by atoms with Crippen molar-refractivity contribution in [3.8, 4) is 0 Å². The van der Waals surface area contributed by atoms with Gasteiger partial charge in [0, 0.05) is 43.7 Å².